The molecule has 418 valence electrons. The molecule has 0 aromatic rings. The third-order valence-electron chi connectivity index (χ3n) is 13.8. The van der Waals surface area contributed by atoms with Gasteiger partial charge in [0.1, 0.15) is 67.1 Å². The summed E-state index contributed by atoms with van der Waals surface area (Å²) in [7, 11) is 0. The van der Waals surface area contributed by atoms with Crippen molar-refractivity contribution in [2.75, 3.05) is 6.61 Å². The fourth-order valence-electron chi connectivity index (χ4n) is 9.18. The lowest BCUT2D eigenvalue weighted by atomic mass is 9.96. The first-order valence-electron chi connectivity index (χ1n) is 26.0. The maximum absolute atomic E-state index is 13.4. The predicted molar refractivity (Wildman–Crippen MR) is 252 cm³/mol. The van der Waals surface area contributed by atoms with Crippen LogP contribution in [0.4, 0.5) is 0 Å². The fourth-order valence-corrected chi connectivity index (χ4v) is 9.18. The van der Waals surface area contributed by atoms with Crippen LogP contribution in [0.25, 0.3) is 0 Å². The van der Waals surface area contributed by atoms with Crippen LogP contribution in [0.15, 0.2) is 11.6 Å². The molecule has 72 heavy (non-hydrogen) atoms. The van der Waals surface area contributed by atoms with Gasteiger partial charge in [-0.1, -0.05) is 84.1 Å². The molecule has 0 spiro atoms. The van der Waals surface area contributed by atoms with E-state index >= 15 is 0 Å². The highest BCUT2D eigenvalue weighted by molar-refractivity contribution is 5.82. The van der Waals surface area contributed by atoms with E-state index in [0.717, 1.165) is 57.8 Å². The number of rotatable bonds is 28. The molecule has 0 aromatic carbocycles. The molecule has 4 heterocycles. The van der Waals surface area contributed by atoms with Crippen LogP contribution in [-0.2, 0) is 61.8 Å². The molecule has 0 bridgehead atoms. The van der Waals surface area contributed by atoms with Gasteiger partial charge in [0.2, 0.25) is 0 Å². The molecule has 22 atom stereocenters. The molecule has 22 nitrogen and oxygen atoms in total. The standard InChI is InChI=1S/C50H86O22/c1-9-11-17-20-30(21-18-15-13-12-14-16-19-22-32(52)53)66-48-43(36(57)34(55)27(6)63-48)72-50-44(37(58)35(56)31(24-51)67-50)71-49-45(69-46(62)26(5)10-2)40(61)42(29(8)65-49)70-47-39(60)38(59)41(28(7)64-47)68-33(54)23-25(3)4/h23,26-31,34-45,47-51,55-61H,9-22,24H2,1-8H3,(H,52,53)/t26?,27-,28-,29-,30+,31-,34+,35+,36-,37-,38+,39-,40-,41+,42-,43-,44-,45-,47-,48-,49+,50+/m1/s1. The quantitative estimate of drug-likeness (QED) is 0.0307. The van der Waals surface area contributed by atoms with E-state index in [2.05, 4.69) is 6.92 Å². The van der Waals surface area contributed by atoms with E-state index in [0.29, 0.717) is 31.3 Å². The molecule has 0 amide bonds. The number of carbonyl (C=O) groups excluding carboxylic acids is 2. The zero-order valence-corrected chi connectivity index (χ0v) is 43.2. The average Bonchev–Trinajstić information content (AvgIpc) is 3.33. The van der Waals surface area contributed by atoms with Gasteiger partial charge in [0.15, 0.2) is 37.4 Å². The first-order valence-corrected chi connectivity index (χ1v) is 26.0. The highest BCUT2D eigenvalue weighted by atomic mass is 16.8. The number of carboxylic acids is 1. The number of aliphatic hydroxyl groups is 8. The number of carboxylic acid groups (broad SMARTS) is 1. The van der Waals surface area contributed by atoms with Crippen LogP contribution in [0, 0.1) is 5.92 Å². The molecule has 4 saturated heterocycles. The van der Waals surface area contributed by atoms with Gasteiger partial charge in [-0.15, -0.1) is 0 Å². The predicted octanol–water partition coefficient (Wildman–Crippen LogP) is 2.02. The molecule has 4 aliphatic heterocycles. The summed E-state index contributed by atoms with van der Waals surface area (Å²) in [5.74, 6) is -3.05. The summed E-state index contributed by atoms with van der Waals surface area (Å²) in [6, 6.07) is 0. The van der Waals surface area contributed by atoms with Crippen molar-refractivity contribution in [3.63, 3.8) is 0 Å². The second kappa shape index (κ2) is 30.3. The zero-order chi connectivity index (χ0) is 53.4. The van der Waals surface area contributed by atoms with Crippen LogP contribution >= 0.6 is 0 Å². The van der Waals surface area contributed by atoms with E-state index in [1.807, 2.05) is 0 Å². The maximum atomic E-state index is 13.4. The van der Waals surface area contributed by atoms with Crippen molar-refractivity contribution in [1.29, 1.82) is 0 Å². The highest BCUT2D eigenvalue weighted by Crippen LogP contribution is 2.37. The summed E-state index contributed by atoms with van der Waals surface area (Å²) in [6.45, 7) is 12.4. The Morgan fingerprint density at radius 2 is 1.07 bits per heavy atom. The van der Waals surface area contributed by atoms with Gasteiger partial charge in [-0.2, -0.15) is 0 Å². The van der Waals surface area contributed by atoms with Crippen LogP contribution in [-0.4, -0.2) is 199 Å². The summed E-state index contributed by atoms with van der Waals surface area (Å²) in [4.78, 5) is 36.7. The Hall–Kier alpha value is -2.49. The number of aliphatic hydroxyl groups excluding tert-OH is 8. The Morgan fingerprint density at radius 3 is 1.67 bits per heavy atom. The minimum Gasteiger partial charge on any atom is -0.481 e. The third-order valence-corrected chi connectivity index (χ3v) is 13.8. The van der Waals surface area contributed by atoms with E-state index in [9.17, 15) is 55.2 Å². The van der Waals surface area contributed by atoms with Gasteiger partial charge in [0, 0.05) is 12.5 Å². The van der Waals surface area contributed by atoms with Crippen molar-refractivity contribution in [2.24, 2.45) is 5.92 Å². The second-order valence-corrected chi connectivity index (χ2v) is 20.1. The van der Waals surface area contributed by atoms with Gasteiger partial charge >= 0.3 is 17.9 Å². The molecule has 0 aromatic heterocycles. The average molecular weight is 1040 g/mol. The minimum atomic E-state index is -1.92. The monoisotopic (exact) mass is 1040 g/mol. The lowest BCUT2D eigenvalue weighted by molar-refractivity contribution is -0.399. The Labute approximate surface area is 423 Å². The molecule has 0 radical (unpaired) electrons. The Kier molecular flexibility index (Phi) is 26.1. The molecule has 0 aliphatic carbocycles. The molecule has 4 rings (SSSR count). The topological polar surface area (TPSA) is 326 Å². The molecule has 1 unspecified atom stereocenters. The highest BCUT2D eigenvalue weighted by Gasteiger charge is 2.56. The van der Waals surface area contributed by atoms with Crippen LogP contribution in [0.5, 0.6) is 0 Å². The van der Waals surface area contributed by atoms with Gasteiger partial charge in [0.25, 0.3) is 0 Å². The van der Waals surface area contributed by atoms with Crippen LogP contribution < -0.4 is 0 Å². The van der Waals surface area contributed by atoms with Crippen molar-refractivity contribution >= 4 is 17.9 Å². The largest absolute Gasteiger partial charge is 0.481 e. The van der Waals surface area contributed by atoms with Gasteiger partial charge in [-0.25, -0.2) is 4.79 Å². The van der Waals surface area contributed by atoms with E-state index in [-0.39, 0.29) is 12.5 Å². The molecular formula is C50H86O22. The smallest absolute Gasteiger partial charge is 0.331 e. The van der Waals surface area contributed by atoms with E-state index in [1.165, 1.54) is 19.9 Å². The lowest BCUT2D eigenvalue weighted by Crippen LogP contribution is -2.67. The van der Waals surface area contributed by atoms with Crippen molar-refractivity contribution in [3.05, 3.63) is 11.6 Å². The second-order valence-electron chi connectivity index (χ2n) is 20.1. The minimum absolute atomic E-state index is 0.157. The number of hydrogen-bond acceptors (Lipinski definition) is 21. The van der Waals surface area contributed by atoms with E-state index in [4.69, 9.17) is 52.5 Å². The number of aliphatic carboxylic acids is 1. The Morgan fingerprint density at radius 1 is 0.556 bits per heavy atom. The SMILES string of the molecule is CCCCC[C@@H](CCCCCCCCCC(=O)O)O[C@H]1O[C@H](C)[C@H](O)[C@@H](O)[C@H]1O[C@@H]1O[C@H](CO)[C@H](O)[C@@H](O)[C@H]1O[C@@H]1O[C@H](C)[C@@H](O[C@H]2O[C@H](C)[C@H](OC(=O)C=C(C)C)[C@@H](O)[C@H]2O)[C@@H](O)[C@H]1OC(=O)C(C)CC. The first-order chi connectivity index (χ1) is 34.1. The van der Waals surface area contributed by atoms with Crippen LogP contribution in [0.2, 0.25) is 0 Å². The van der Waals surface area contributed by atoms with Gasteiger partial charge < -0.3 is 93.3 Å². The normalized spacial score (nSPS) is 38.1. The third kappa shape index (κ3) is 17.5. The number of ether oxygens (including phenoxy) is 10. The zero-order valence-electron chi connectivity index (χ0n) is 43.2. The van der Waals surface area contributed by atoms with Crippen molar-refractivity contribution < 1.29 is 108 Å². The van der Waals surface area contributed by atoms with Crippen molar-refractivity contribution in [2.45, 2.75) is 274 Å². The molecule has 22 heteroatoms. The fraction of sp³-hybridized carbons (Fsp3) is 0.900. The van der Waals surface area contributed by atoms with Gasteiger partial charge in [0.05, 0.1) is 36.9 Å². The molecule has 4 fully saturated rings. The first kappa shape index (κ1) is 62.1. The Balaban J connectivity index is 1.57. The van der Waals surface area contributed by atoms with Gasteiger partial charge in [-0.05, 0) is 60.3 Å². The number of carbonyl (C=O) groups is 3. The van der Waals surface area contributed by atoms with Crippen LogP contribution in [0.3, 0.4) is 0 Å². The molecule has 9 N–H and O–H groups in total. The summed E-state index contributed by atoms with van der Waals surface area (Å²) in [5, 5.41) is 98.9. The van der Waals surface area contributed by atoms with E-state index in [1.54, 1.807) is 34.6 Å². The van der Waals surface area contributed by atoms with Crippen molar-refractivity contribution in [3.8, 4) is 0 Å². The number of unbranched alkanes of at least 4 members (excludes halogenated alkanes) is 8. The van der Waals surface area contributed by atoms with Gasteiger partial charge in [-0.3, -0.25) is 9.59 Å². The Bertz CT molecular complexity index is 1650. The maximum Gasteiger partial charge on any atom is 0.331 e. The number of allylic oxidation sites excluding steroid dienone is 1. The van der Waals surface area contributed by atoms with Crippen molar-refractivity contribution in [1.82, 2.24) is 0 Å². The summed E-state index contributed by atoms with van der Waals surface area (Å²) >= 11 is 0. The summed E-state index contributed by atoms with van der Waals surface area (Å²) in [5.41, 5.74) is 0.636. The number of hydrogen-bond donors (Lipinski definition) is 9. The molecule has 4 aliphatic rings. The molecular weight excluding hydrogens is 953 g/mol. The van der Waals surface area contributed by atoms with E-state index < -0.39 is 153 Å². The molecule has 0 saturated carbocycles. The number of esters is 2. The summed E-state index contributed by atoms with van der Waals surface area (Å²) in [6.07, 6.45) is -19.7. The summed E-state index contributed by atoms with van der Waals surface area (Å²) < 4.78 is 60.7. The lowest BCUT2D eigenvalue weighted by Gasteiger charge is -2.49. The van der Waals surface area contributed by atoms with Crippen LogP contribution in [0.1, 0.15) is 145 Å².